The molecule has 6 heteroatoms. The maximum atomic E-state index is 12.2. The van der Waals surface area contributed by atoms with Crippen molar-refractivity contribution in [2.45, 2.75) is 32.9 Å². The number of ether oxygens (including phenoxy) is 1. The van der Waals surface area contributed by atoms with Crippen LogP contribution in [0.3, 0.4) is 0 Å². The Morgan fingerprint density at radius 2 is 1.96 bits per heavy atom. The molecular weight excluding hydrogens is 330 g/mol. The number of nitrogens with one attached hydrogen (secondary N) is 1. The number of hydrogen-bond acceptors (Lipinski definition) is 4. The van der Waals surface area contributed by atoms with Crippen molar-refractivity contribution < 1.29 is 13.9 Å². The lowest BCUT2D eigenvalue weighted by Crippen LogP contribution is -2.23. The van der Waals surface area contributed by atoms with Gasteiger partial charge in [-0.1, -0.05) is 26.0 Å². The summed E-state index contributed by atoms with van der Waals surface area (Å²) in [5.74, 6) is 1.86. The number of carbonyl (C=O) groups is 1. The van der Waals surface area contributed by atoms with Crippen molar-refractivity contribution in [1.29, 1.82) is 0 Å². The highest BCUT2D eigenvalue weighted by Gasteiger charge is 2.12. The average Bonchev–Trinajstić information content (AvgIpc) is 3.27. The number of furan rings is 1. The summed E-state index contributed by atoms with van der Waals surface area (Å²) in [6.07, 6.45) is 1.69. The molecule has 6 nitrogen and oxygen atoms in total. The van der Waals surface area contributed by atoms with Gasteiger partial charge in [-0.3, -0.25) is 9.48 Å². The molecule has 1 amide bonds. The zero-order chi connectivity index (χ0) is 18.5. The van der Waals surface area contributed by atoms with Crippen LogP contribution in [-0.4, -0.2) is 15.7 Å². The van der Waals surface area contributed by atoms with E-state index in [1.54, 1.807) is 23.0 Å². The van der Waals surface area contributed by atoms with Gasteiger partial charge in [0.05, 0.1) is 12.2 Å². The molecule has 0 saturated heterocycles. The van der Waals surface area contributed by atoms with Crippen LogP contribution < -0.4 is 10.1 Å². The van der Waals surface area contributed by atoms with Crippen molar-refractivity contribution in [2.75, 3.05) is 0 Å². The van der Waals surface area contributed by atoms with Gasteiger partial charge in [-0.05, 0) is 41.8 Å². The zero-order valence-electron chi connectivity index (χ0n) is 15.2. The first-order valence-corrected chi connectivity index (χ1v) is 8.59. The fourth-order valence-corrected chi connectivity index (χ4v) is 2.51. The highest BCUT2D eigenvalue weighted by molar-refractivity contribution is 5.91. The van der Waals surface area contributed by atoms with E-state index in [1.807, 2.05) is 25.2 Å². The predicted molar refractivity (Wildman–Crippen MR) is 97.9 cm³/mol. The Labute approximate surface area is 152 Å². The molecule has 0 aliphatic carbocycles. The summed E-state index contributed by atoms with van der Waals surface area (Å²) in [5.41, 5.74) is 2.18. The van der Waals surface area contributed by atoms with Gasteiger partial charge in [0.25, 0.3) is 5.91 Å². The molecule has 1 aromatic carbocycles. The fourth-order valence-electron chi connectivity index (χ4n) is 2.51. The van der Waals surface area contributed by atoms with Crippen molar-refractivity contribution in [2.24, 2.45) is 7.05 Å². The van der Waals surface area contributed by atoms with Crippen LogP contribution >= 0.6 is 0 Å². The second-order valence-electron chi connectivity index (χ2n) is 6.41. The number of benzene rings is 1. The highest BCUT2D eigenvalue weighted by atomic mass is 16.5. The molecule has 136 valence electrons. The lowest BCUT2D eigenvalue weighted by Gasteiger charge is -2.08. The molecule has 0 fully saturated rings. The van der Waals surface area contributed by atoms with Gasteiger partial charge in [-0.25, -0.2) is 0 Å². The third-order valence-corrected chi connectivity index (χ3v) is 4.17. The molecule has 0 radical (unpaired) electrons. The quantitative estimate of drug-likeness (QED) is 0.704. The maximum Gasteiger partial charge on any atom is 0.287 e. The maximum absolute atomic E-state index is 12.2. The molecule has 0 spiro atoms. The Balaban J connectivity index is 1.52. The van der Waals surface area contributed by atoms with Gasteiger partial charge in [0.2, 0.25) is 0 Å². The first-order valence-electron chi connectivity index (χ1n) is 8.59. The van der Waals surface area contributed by atoms with E-state index in [2.05, 4.69) is 36.4 Å². The van der Waals surface area contributed by atoms with Gasteiger partial charge in [-0.15, -0.1) is 0 Å². The minimum atomic E-state index is -0.265. The molecule has 2 aromatic heterocycles. The smallest absolute Gasteiger partial charge is 0.287 e. The molecule has 2 heterocycles. The molecule has 0 saturated carbocycles. The van der Waals surface area contributed by atoms with Crippen LogP contribution in [0.15, 0.2) is 53.1 Å². The van der Waals surface area contributed by atoms with E-state index in [9.17, 15) is 4.79 Å². The molecular formula is C20H23N3O3. The summed E-state index contributed by atoms with van der Waals surface area (Å²) in [6, 6.07) is 13.3. The summed E-state index contributed by atoms with van der Waals surface area (Å²) < 4.78 is 13.0. The predicted octanol–water partition coefficient (Wildman–Crippen LogP) is 3.65. The van der Waals surface area contributed by atoms with Gasteiger partial charge < -0.3 is 14.5 Å². The van der Waals surface area contributed by atoms with Crippen molar-refractivity contribution in [3.8, 4) is 5.75 Å². The van der Waals surface area contributed by atoms with E-state index in [4.69, 9.17) is 9.15 Å². The number of aryl methyl sites for hydroxylation is 1. The summed E-state index contributed by atoms with van der Waals surface area (Å²) in [7, 11) is 1.83. The summed E-state index contributed by atoms with van der Waals surface area (Å²) >= 11 is 0. The first kappa shape index (κ1) is 17.8. The molecule has 3 aromatic rings. The minimum absolute atomic E-state index is 0.265. The Kier molecular flexibility index (Phi) is 5.41. The third kappa shape index (κ3) is 4.33. The average molecular weight is 353 g/mol. The number of aromatic nitrogens is 2. The number of hydrogen-bond donors (Lipinski definition) is 1. The molecule has 0 atom stereocenters. The topological polar surface area (TPSA) is 69.3 Å². The highest BCUT2D eigenvalue weighted by Crippen LogP contribution is 2.20. The van der Waals surface area contributed by atoms with Crippen LogP contribution in [0, 0.1) is 0 Å². The molecule has 0 bridgehead atoms. The monoisotopic (exact) mass is 353 g/mol. The Bertz CT molecular complexity index is 863. The molecule has 1 N–H and O–H groups in total. The Morgan fingerprint density at radius 3 is 2.62 bits per heavy atom. The van der Waals surface area contributed by atoms with Crippen LogP contribution in [0.2, 0.25) is 0 Å². The summed E-state index contributed by atoms with van der Waals surface area (Å²) in [5, 5.41) is 6.88. The van der Waals surface area contributed by atoms with Crippen molar-refractivity contribution in [3.05, 3.63) is 71.4 Å². The second-order valence-corrected chi connectivity index (χ2v) is 6.41. The van der Waals surface area contributed by atoms with Crippen LogP contribution in [0.25, 0.3) is 0 Å². The van der Waals surface area contributed by atoms with E-state index in [0.29, 0.717) is 18.2 Å². The SMILES string of the molecule is CC(C)c1ccc(OCc2ccc(C(=O)NCc3ccnn3C)o2)cc1. The zero-order valence-corrected chi connectivity index (χ0v) is 15.2. The van der Waals surface area contributed by atoms with Gasteiger partial charge >= 0.3 is 0 Å². The van der Waals surface area contributed by atoms with Crippen LogP contribution in [0.5, 0.6) is 5.75 Å². The second kappa shape index (κ2) is 7.91. The first-order chi connectivity index (χ1) is 12.5. The largest absolute Gasteiger partial charge is 0.486 e. The normalized spacial score (nSPS) is 10.9. The van der Waals surface area contributed by atoms with E-state index in [0.717, 1.165) is 11.4 Å². The van der Waals surface area contributed by atoms with Crippen molar-refractivity contribution >= 4 is 5.91 Å². The lowest BCUT2D eigenvalue weighted by molar-refractivity contribution is 0.0918. The van der Waals surface area contributed by atoms with E-state index >= 15 is 0 Å². The minimum Gasteiger partial charge on any atom is -0.486 e. The van der Waals surface area contributed by atoms with Crippen LogP contribution in [-0.2, 0) is 20.2 Å². The number of amides is 1. The third-order valence-electron chi connectivity index (χ3n) is 4.17. The van der Waals surface area contributed by atoms with Gasteiger partial charge in [0.15, 0.2) is 5.76 Å². The van der Waals surface area contributed by atoms with E-state index in [-0.39, 0.29) is 18.3 Å². The molecule has 26 heavy (non-hydrogen) atoms. The van der Waals surface area contributed by atoms with Crippen molar-refractivity contribution in [1.82, 2.24) is 15.1 Å². The molecule has 0 aliphatic rings. The summed E-state index contributed by atoms with van der Waals surface area (Å²) in [6.45, 7) is 4.97. The fraction of sp³-hybridized carbons (Fsp3) is 0.300. The van der Waals surface area contributed by atoms with Gasteiger partial charge in [0.1, 0.15) is 18.1 Å². The van der Waals surface area contributed by atoms with Gasteiger partial charge in [0, 0.05) is 13.2 Å². The lowest BCUT2D eigenvalue weighted by atomic mass is 10.0. The van der Waals surface area contributed by atoms with Gasteiger partial charge in [-0.2, -0.15) is 5.10 Å². The van der Waals surface area contributed by atoms with Crippen LogP contribution in [0.1, 0.15) is 47.3 Å². The Hall–Kier alpha value is -3.02. The van der Waals surface area contributed by atoms with Crippen molar-refractivity contribution in [3.63, 3.8) is 0 Å². The molecule has 0 aliphatic heterocycles. The Morgan fingerprint density at radius 1 is 1.19 bits per heavy atom. The standard InChI is InChI=1S/C20H23N3O3/c1-14(2)15-4-6-17(7-5-15)25-13-18-8-9-19(26-18)20(24)21-12-16-10-11-22-23(16)3/h4-11,14H,12-13H2,1-3H3,(H,21,24). The molecule has 0 unspecified atom stereocenters. The number of carbonyl (C=O) groups excluding carboxylic acids is 1. The van der Waals surface area contributed by atoms with E-state index in [1.165, 1.54) is 5.56 Å². The summed E-state index contributed by atoms with van der Waals surface area (Å²) in [4.78, 5) is 12.2. The molecule has 3 rings (SSSR count). The van der Waals surface area contributed by atoms with E-state index < -0.39 is 0 Å². The van der Waals surface area contributed by atoms with Crippen LogP contribution in [0.4, 0.5) is 0 Å². The number of rotatable bonds is 7. The number of nitrogens with zero attached hydrogens (tertiary/aromatic N) is 2.